The second-order valence-electron chi connectivity index (χ2n) is 12.9. The maximum Gasteiger partial charge on any atom is 0.360 e. The standard InChI is InChI=1S/C34H34FN5O8/c1-14(2)24-31-40-25(30-37-22(13-46-30)32(44)45-5)27(48-31)34-18-12-17(35)7-8-20(18)38-33(34)47-23-9-6-16(10-19(23)34)11-21(28(42)39-24)36-29(43)26(41)15(3)4/h6-10,12-15,21,24,26,33,38,41H,11H2,1-5H3,(H,36,43)(H,39,42)/t21-,24?,26-,33?,34?/m0/s1. The van der Waals surface area contributed by atoms with Crippen LogP contribution in [0.3, 0.4) is 0 Å². The van der Waals surface area contributed by atoms with E-state index in [9.17, 15) is 19.5 Å². The number of ether oxygens (including phenoxy) is 2. The van der Waals surface area contributed by atoms with Crippen LogP contribution in [0.1, 0.15) is 72.6 Å². The maximum atomic E-state index is 15.1. The fourth-order valence-electron chi connectivity index (χ4n) is 6.60. The lowest BCUT2D eigenvalue weighted by atomic mass is 9.72. The monoisotopic (exact) mass is 659 g/mol. The lowest BCUT2D eigenvalue weighted by Crippen LogP contribution is -2.52. The zero-order valence-electron chi connectivity index (χ0n) is 26.8. The van der Waals surface area contributed by atoms with Gasteiger partial charge in [-0.25, -0.2) is 19.2 Å². The number of oxazole rings is 2. The lowest BCUT2D eigenvalue weighted by molar-refractivity contribution is -0.135. The van der Waals surface area contributed by atoms with Gasteiger partial charge in [0.15, 0.2) is 23.4 Å². The summed E-state index contributed by atoms with van der Waals surface area (Å²) in [7, 11) is 1.22. The Morgan fingerprint density at radius 3 is 2.62 bits per heavy atom. The van der Waals surface area contributed by atoms with Crippen LogP contribution in [-0.4, -0.2) is 58.3 Å². The van der Waals surface area contributed by atoms with E-state index in [-0.39, 0.29) is 47.2 Å². The van der Waals surface area contributed by atoms with Crippen LogP contribution in [0.25, 0.3) is 11.6 Å². The molecule has 14 heteroatoms. The summed E-state index contributed by atoms with van der Waals surface area (Å²) >= 11 is 0. The molecule has 2 aromatic carbocycles. The number of esters is 1. The van der Waals surface area contributed by atoms with Gasteiger partial charge in [0.1, 0.15) is 41.4 Å². The van der Waals surface area contributed by atoms with E-state index >= 15 is 4.39 Å². The van der Waals surface area contributed by atoms with Gasteiger partial charge < -0.3 is 39.4 Å². The number of fused-ring (bicyclic) bond motifs is 4. The summed E-state index contributed by atoms with van der Waals surface area (Å²) in [4.78, 5) is 48.5. The molecule has 0 saturated carbocycles. The number of carbonyl (C=O) groups excluding carboxylic acids is 3. The number of carbonyl (C=O) groups is 3. The van der Waals surface area contributed by atoms with Crippen LogP contribution in [0.5, 0.6) is 5.75 Å². The zero-order chi connectivity index (χ0) is 34.1. The summed E-state index contributed by atoms with van der Waals surface area (Å²) in [6.45, 7) is 7.12. The number of aliphatic hydroxyl groups excluding tert-OH is 1. The van der Waals surface area contributed by atoms with Gasteiger partial charge in [-0.2, -0.15) is 0 Å². The normalized spacial score (nSPS) is 22.9. The van der Waals surface area contributed by atoms with E-state index in [1.807, 2.05) is 19.9 Å². The molecule has 5 atom stereocenters. The van der Waals surface area contributed by atoms with E-state index in [1.54, 1.807) is 32.0 Å². The minimum atomic E-state index is -1.35. The highest BCUT2D eigenvalue weighted by Crippen LogP contribution is 2.59. The summed E-state index contributed by atoms with van der Waals surface area (Å²) in [6.07, 6.45) is -0.964. The number of aliphatic hydroxyl groups is 1. The van der Waals surface area contributed by atoms with Crippen molar-refractivity contribution in [2.75, 3.05) is 12.4 Å². The summed E-state index contributed by atoms with van der Waals surface area (Å²) in [5.74, 6) is -2.42. The van der Waals surface area contributed by atoms with Crippen LogP contribution >= 0.6 is 0 Å². The largest absolute Gasteiger partial charge is 0.469 e. The molecule has 3 aliphatic heterocycles. The summed E-state index contributed by atoms with van der Waals surface area (Å²) < 4.78 is 38.8. The van der Waals surface area contributed by atoms with E-state index in [4.69, 9.17) is 23.3 Å². The van der Waals surface area contributed by atoms with E-state index in [2.05, 4.69) is 20.9 Å². The highest BCUT2D eigenvalue weighted by Gasteiger charge is 2.61. The van der Waals surface area contributed by atoms with Gasteiger partial charge in [-0.1, -0.05) is 39.8 Å². The van der Waals surface area contributed by atoms with Gasteiger partial charge in [-0.05, 0) is 41.7 Å². The number of benzene rings is 2. The van der Waals surface area contributed by atoms with Gasteiger partial charge >= 0.3 is 5.97 Å². The molecule has 0 radical (unpaired) electrons. The number of halogens is 1. The minimum Gasteiger partial charge on any atom is -0.469 e. The topological polar surface area (TPSA) is 178 Å². The summed E-state index contributed by atoms with van der Waals surface area (Å²) in [6, 6.07) is 7.78. The van der Waals surface area contributed by atoms with Gasteiger partial charge in [0, 0.05) is 23.2 Å². The van der Waals surface area contributed by atoms with Gasteiger partial charge in [0.05, 0.1) is 7.11 Å². The molecule has 48 heavy (non-hydrogen) atoms. The molecular weight excluding hydrogens is 625 g/mol. The molecule has 0 saturated heterocycles. The number of nitrogens with zero attached hydrogens (tertiary/aromatic N) is 2. The van der Waals surface area contributed by atoms with Crippen molar-refractivity contribution in [2.45, 2.75) is 63.9 Å². The maximum absolute atomic E-state index is 15.1. The van der Waals surface area contributed by atoms with Crippen molar-refractivity contribution < 1.29 is 42.2 Å². The third kappa shape index (κ3) is 4.81. The zero-order valence-corrected chi connectivity index (χ0v) is 26.8. The second kappa shape index (κ2) is 11.5. The number of hydrogen-bond donors (Lipinski definition) is 4. The number of amides is 2. The van der Waals surface area contributed by atoms with E-state index in [0.717, 1.165) is 6.26 Å². The molecule has 7 rings (SSSR count). The van der Waals surface area contributed by atoms with Crippen molar-refractivity contribution in [3.63, 3.8) is 0 Å². The Labute approximate surface area is 274 Å². The number of anilines is 1. The van der Waals surface area contributed by atoms with Gasteiger partial charge in [0.2, 0.25) is 23.6 Å². The van der Waals surface area contributed by atoms with E-state index in [0.29, 0.717) is 28.1 Å². The van der Waals surface area contributed by atoms with Gasteiger partial charge in [-0.3, -0.25) is 9.59 Å². The quantitative estimate of drug-likeness (QED) is 0.222. The summed E-state index contributed by atoms with van der Waals surface area (Å²) in [5.41, 5.74) is 0.980. The molecule has 2 aromatic heterocycles. The van der Waals surface area contributed by atoms with Crippen molar-refractivity contribution in [3.8, 4) is 17.3 Å². The molecule has 4 N–H and O–H groups in total. The van der Waals surface area contributed by atoms with Crippen LogP contribution < -0.4 is 20.7 Å². The number of rotatable bonds is 6. The molecule has 0 aliphatic carbocycles. The summed E-state index contributed by atoms with van der Waals surface area (Å²) in [5, 5.41) is 19.5. The lowest BCUT2D eigenvalue weighted by Gasteiger charge is -2.29. The Kier molecular flexibility index (Phi) is 7.50. The predicted octanol–water partition coefficient (Wildman–Crippen LogP) is 3.60. The van der Waals surface area contributed by atoms with Gasteiger partial charge in [-0.15, -0.1) is 0 Å². The molecule has 4 aromatic rings. The molecule has 5 heterocycles. The van der Waals surface area contributed by atoms with Crippen LogP contribution in [0.15, 0.2) is 51.5 Å². The molecule has 0 fully saturated rings. The predicted molar refractivity (Wildman–Crippen MR) is 166 cm³/mol. The average Bonchev–Trinajstić information content (AvgIpc) is 3.83. The third-order valence-corrected chi connectivity index (χ3v) is 9.11. The Hall–Kier alpha value is -5.24. The van der Waals surface area contributed by atoms with Gasteiger partial charge in [0.25, 0.3) is 0 Å². The molecule has 250 valence electrons. The Balaban J connectivity index is 1.49. The molecule has 13 nitrogen and oxygen atoms in total. The Morgan fingerprint density at radius 1 is 1.10 bits per heavy atom. The van der Waals surface area contributed by atoms with Crippen LogP contribution in [0, 0.1) is 17.7 Å². The first kappa shape index (κ1) is 31.4. The highest BCUT2D eigenvalue weighted by molar-refractivity contribution is 5.90. The minimum absolute atomic E-state index is 0.0616. The number of methoxy groups -OCH3 is 1. The first-order chi connectivity index (χ1) is 22.9. The van der Waals surface area contributed by atoms with Crippen LogP contribution in [0.2, 0.25) is 0 Å². The molecule has 1 spiro atoms. The SMILES string of the molecule is COC(=O)c1coc(-c2nc3oc2C24c5cc(F)ccc5NC2Oc2ccc(cc24)C[C@H](NC(=O)[C@@H](O)C(C)C)C(=O)NC3C(C)C)n1. The third-order valence-electron chi connectivity index (χ3n) is 9.11. The molecule has 4 bridgehead atoms. The van der Waals surface area contributed by atoms with Crippen LogP contribution in [0.4, 0.5) is 10.1 Å². The van der Waals surface area contributed by atoms with Crippen molar-refractivity contribution in [2.24, 2.45) is 11.8 Å². The molecular formula is C34H34FN5O8. The fraction of sp³-hybridized carbons (Fsp3) is 0.382. The number of aromatic nitrogens is 2. The highest BCUT2D eigenvalue weighted by atomic mass is 19.1. The smallest absolute Gasteiger partial charge is 0.360 e. The first-order valence-electron chi connectivity index (χ1n) is 15.6. The van der Waals surface area contributed by atoms with Crippen molar-refractivity contribution >= 4 is 23.5 Å². The molecule has 2 amide bonds. The van der Waals surface area contributed by atoms with Crippen molar-refractivity contribution in [3.05, 3.63) is 82.5 Å². The van der Waals surface area contributed by atoms with E-state index < -0.39 is 53.4 Å². The Morgan fingerprint density at radius 2 is 1.90 bits per heavy atom. The fourth-order valence-corrected chi connectivity index (χ4v) is 6.60. The molecule has 3 aliphatic rings. The Bertz CT molecular complexity index is 1950. The first-order valence-corrected chi connectivity index (χ1v) is 15.6. The van der Waals surface area contributed by atoms with E-state index in [1.165, 1.54) is 19.2 Å². The number of nitrogens with one attached hydrogen (secondary N) is 3. The van der Waals surface area contributed by atoms with Crippen molar-refractivity contribution in [1.29, 1.82) is 0 Å². The van der Waals surface area contributed by atoms with Crippen molar-refractivity contribution in [1.82, 2.24) is 20.6 Å². The molecule has 3 unspecified atom stereocenters. The average molecular weight is 660 g/mol. The second-order valence-corrected chi connectivity index (χ2v) is 12.9. The number of hydrogen-bond acceptors (Lipinski definition) is 11. The van der Waals surface area contributed by atoms with Crippen LogP contribution in [-0.2, 0) is 26.2 Å².